The van der Waals surface area contributed by atoms with Gasteiger partial charge in [-0.25, -0.2) is 13.2 Å². The average molecular weight is 379 g/mol. The van der Waals surface area contributed by atoms with Gasteiger partial charge in [-0.15, -0.1) is 0 Å². The molecule has 0 aromatic heterocycles. The maximum absolute atomic E-state index is 12.8. The van der Waals surface area contributed by atoms with Gasteiger partial charge in [0.15, 0.2) is 0 Å². The van der Waals surface area contributed by atoms with Crippen molar-refractivity contribution in [1.82, 2.24) is 4.31 Å². The maximum atomic E-state index is 12.8. The first-order valence-electron chi connectivity index (χ1n) is 7.66. The van der Waals surface area contributed by atoms with Crippen molar-refractivity contribution >= 4 is 16.0 Å². The summed E-state index contributed by atoms with van der Waals surface area (Å²) in [4.78, 5) is 11.1. The quantitative estimate of drug-likeness (QED) is 0.758. The first-order chi connectivity index (χ1) is 11.3. The summed E-state index contributed by atoms with van der Waals surface area (Å²) in [6.45, 7) is 5.08. The van der Waals surface area contributed by atoms with E-state index < -0.39 is 33.7 Å². The molecule has 1 aromatic carbocycles. The van der Waals surface area contributed by atoms with E-state index in [1.807, 2.05) is 6.92 Å². The van der Waals surface area contributed by atoms with Gasteiger partial charge in [0, 0.05) is 6.54 Å². The van der Waals surface area contributed by atoms with Gasteiger partial charge in [0.25, 0.3) is 0 Å². The number of piperidine rings is 1. The zero-order chi connectivity index (χ0) is 19.0. The van der Waals surface area contributed by atoms with Crippen LogP contribution >= 0.6 is 0 Å². The van der Waals surface area contributed by atoms with Crippen molar-refractivity contribution in [2.24, 2.45) is 5.41 Å². The lowest BCUT2D eigenvalue weighted by molar-refractivity contribution is -0.207. The molecule has 1 unspecified atom stereocenters. The summed E-state index contributed by atoms with van der Waals surface area (Å²) in [5.74, 6) is -2.30. The Morgan fingerprint density at radius 1 is 1.24 bits per heavy atom. The zero-order valence-electron chi connectivity index (χ0n) is 14.1. The molecule has 0 saturated carbocycles. The fourth-order valence-electron chi connectivity index (χ4n) is 2.85. The number of hydrogen-bond donors (Lipinski definition) is 0. The highest BCUT2D eigenvalue weighted by Gasteiger charge is 2.46. The van der Waals surface area contributed by atoms with E-state index in [4.69, 9.17) is 0 Å². The Labute approximate surface area is 144 Å². The molecule has 25 heavy (non-hydrogen) atoms. The predicted octanol–water partition coefficient (Wildman–Crippen LogP) is 2.89. The number of esters is 1. The van der Waals surface area contributed by atoms with Gasteiger partial charge in [0.05, 0.1) is 11.4 Å². The lowest BCUT2D eigenvalue weighted by Crippen LogP contribution is -2.51. The lowest BCUT2D eigenvalue weighted by atomic mass is 9.84. The third-order valence-electron chi connectivity index (χ3n) is 3.96. The second-order valence-corrected chi connectivity index (χ2v) is 8.94. The number of sulfonamides is 1. The van der Waals surface area contributed by atoms with Gasteiger partial charge in [0.2, 0.25) is 10.0 Å². The third-order valence-corrected chi connectivity index (χ3v) is 5.78. The number of nitrogens with zero attached hydrogens (tertiary/aromatic N) is 1. The topological polar surface area (TPSA) is 63.7 Å². The highest BCUT2D eigenvalue weighted by Crippen LogP contribution is 2.34. The second kappa shape index (κ2) is 6.60. The van der Waals surface area contributed by atoms with Gasteiger partial charge >= 0.3 is 12.1 Å². The summed E-state index contributed by atoms with van der Waals surface area (Å²) in [6, 6.07) is 6.18. The minimum absolute atomic E-state index is 0.0525. The predicted molar refractivity (Wildman–Crippen MR) is 84.3 cm³/mol. The van der Waals surface area contributed by atoms with E-state index in [0.29, 0.717) is 0 Å². The molecular weight excluding hydrogens is 359 g/mol. The summed E-state index contributed by atoms with van der Waals surface area (Å²) >= 11 is 0. The van der Waals surface area contributed by atoms with E-state index in [-0.39, 0.29) is 24.4 Å². The second-order valence-electron chi connectivity index (χ2n) is 7.00. The summed E-state index contributed by atoms with van der Waals surface area (Å²) in [7, 11) is -3.89. The monoisotopic (exact) mass is 379 g/mol. The fraction of sp³-hybridized carbons (Fsp3) is 0.562. The van der Waals surface area contributed by atoms with E-state index >= 15 is 0 Å². The smallest absolute Gasteiger partial charge is 0.454 e. The van der Waals surface area contributed by atoms with Crippen LogP contribution < -0.4 is 0 Å². The molecule has 0 aliphatic carbocycles. The lowest BCUT2D eigenvalue weighted by Gasteiger charge is -2.41. The number of hydrogen-bond acceptors (Lipinski definition) is 4. The summed E-state index contributed by atoms with van der Waals surface area (Å²) in [5, 5.41) is 0. The standard InChI is InChI=1S/C16H20F3NO4S/c1-11-4-6-13(7-5-11)25(22,23)20-9-12(8-15(2,3)10-20)24-14(21)16(17,18)19/h4-7,12H,8-10H2,1-3H3. The van der Waals surface area contributed by atoms with E-state index in [2.05, 4.69) is 4.74 Å². The Balaban J connectivity index is 2.25. The number of aryl methyl sites for hydroxylation is 1. The van der Waals surface area contributed by atoms with Gasteiger partial charge in [-0.1, -0.05) is 31.5 Å². The number of carbonyl (C=O) groups is 1. The number of benzene rings is 1. The van der Waals surface area contributed by atoms with Crippen molar-refractivity contribution < 1.29 is 31.1 Å². The van der Waals surface area contributed by atoms with Crippen molar-refractivity contribution in [3.05, 3.63) is 29.8 Å². The van der Waals surface area contributed by atoms with Gasteiger partial charge in [-0.3, -0.25) is 0 Å². The molecule has 5 nitrogen and oxygen atoms in total. The molecule has 1 aromatic rings. The summed E-state index contributed by atoms with van der Waals surface area (Å²) < 4.78 is 68.4. The van der Waals surface area contributed by atoms with Crippen LogP contribution in [0.4, 0.5) is 13.2 Å². The SMILES string of the molecule is Cc1ccc(S(=O)(=O)N2CC(OC(=O)C(F)(F)F)CC(C)(C)C2)cc1. The normalized spacial score (nSPS) is 21.8. The minimum Gasteiger partial charge on any atom is -0.454 e. The number of alkyl halides is 3. The van der Waals surface area contributed by atoms with Crippen molar-refractivity contribution in [2.45, 2.75) is 44.4 Å². The third kappa shape index (κ3) is 4.72. The van der Waals surface area contributed by atoms with E-state index in [1.54, 1.807) is 26.0 Å². The average Bonchev–Trinajstić information content (AvgIpc) is 2.45. The van der Waals surface area contributed by atoms with Crippen LogP contribution in [0.5, 0.6) is 0 Å². The van der Waals surface area contributed by atoms with Crippen LogP contribution in [0.3, 0.4) is 0 Å². The van der Waals surface area contributed by atoms with Gasteiger partial charge < -0.3 is 4.74 Å². The largest absolute Gasteiger partial charge is 0.490 e. The Morgan fingerprint density at radius 2 is 1.80 bits per heavy atom. The van der Waals surface area contributed by atoms with Crippen LogP contribution in [0.1, 0.15) is 25.8 Å². The minimum atomic E-state index is -5.11. The molecule has 0 N–H and O–H groups in total. The van der Waals surface area contributed by atoms with E-state index in [1.165, 1.54) is 12.1 Å². The van der Waals surface area contributed by atoms with Crippen molar-refractivity contribution in [3.8, 4) is 0 Å². The maximum Gasteiger partial charge on any atom is 0.490 e. The van der Waals surface area contributed by atoms with Crippen LogP contribution in [0.2, 0.25) is 0 Å². The Hall–Kier alpha value is -1.61. The molecule has 1 heterocycles. The fourth-order valence-corrected chi connectivity index (χ4v) is 4.51. The molecule has 1 aliphatic rings. The van der Waals surface area contributed by atoms with Crippen LogP contribution in [-0.4, -0.2) is 44.1 Å². The molecule has 1 atom stereocenters. The summed E-state index contributed by atoms with van der Waals surface area (Å²) in [5.41, 5.74) is 0.252. The van der Waals surface area contributed by atoms with E-state index in [9.17, 15) is 26.4 Å². The van der Waals surface area contributed by atoms with Crippen LogP contribution in [0, 0.1) is 12.3 Å². The molecule has 140 valence electrons. The summed E-state index contributed by atoms with van der Waals surface area (Å²) in [6.07, 6.45) is -6.12. The van der Waals surface area contributed by atoms with Gasteiger partial charge in [-0.2, -0.15) is 17.5 Å². The molecule has 0 bridgehead atoms. The van der Waals surface area contributed by atoms with Crippen LogP contribution in [-0.2, 0) is 19.6 Å². The number of rotatable bonds is 3. The van der Waals surface area contributed by atoms with Gasteiger partial charge in [0.1, 0.15) is 6.10 Å². The molecule has 0 radical (unpaired) electrons. The van der Waals surface area contributed by atoms with Crippen molar-refractivity contribution in [2.75, 3.05) is 13.1 Å². The molecule has 0 spiro atoms. The Morgan fingerprint density at radius 3 is 2.32 bits per heavy atom. The number of halogens is 3. The van der Waals surface area contributed by atoms with Crippen LogP contribution in [0.25, 0.3) is 0 Å². The van der Waals surface area contributed by atoms with Crippen molar-refractivity contribution in [3.63, 3.8) is 0 Å². The molecule has 2 rings (SSSR count). The molecule has 0 amide bonds. The molecule has 9 heteroatoms. The first-order valence-corrected chi connectivity index (χ1v) is 9.10. The van der Waals surface area contributed by atoms with Crippen molar-refractivity contribution in [1.29, 1.82) is 0 Å². The first kappa shape index (κ1) is 19.7. The number of ether oxygens (including phenoxy) is 1. The highest BCUT2D eigenvalue weighted by atomic mass is 32.2. The van der Waals surface area contributed by atoms with Crippen LogP contribution in [0.15, 0.2) is 29.2 Å². The molecular formula is C16H20F3NO4S. The highest BCUT2D eigenvalue weighted by molar-refractivity contribution is 7.89. The molecule has 1 fully saturated rings. The van der Waals surface area contributed by atoms with E-state index in [0.717, 1.165) is 9.87 Å². The Kier molecular flexibility index (Phi) is 5.21. The zero-order valence-corrected chi connectivity index (χ0v) is 14.9. The molecule has 1 saturated heterocycles. The molecule has 1 aliphatic heterocycles. The Bertz CT molecular complexity index is 742. The van der Waals surface area contributed by atoms with Gasteiger partial charge in [-0.05, 0) is 30.9 Å². The number of carbonyl (C=O) groups excluding carboxylic acids is 1.